The van der Waals surface area contributed by atoms with Crippen molar-refractivity contribution in [3.63, 3.8) is 0 Å². The van der Waals surface area contributed by atoms with Crippen LogP contribution in [0, 0.1) is 16.0 Å². The number of phenolic OH excluding ortho intramolecular Hbond substituents is 1. The number of halogens is 2. The highest BCUT2D eigenvalue weighted by Gasteiger charge is 2.28. The summed E-state index contributed by atoms with van der Waals surface area (Å²) in [6, 6.07) is 2.58. The average molecular weight is 338 g/mol. The van der Waals surface area contributed by atoms with Crippen molar-refractivity contribution < 1.29 is 10.0 Å². The Labute approximate surface area is 119 Å². The van der Waals surface area contributed by atoms with Crippen LogP contribution in [0.5, 0.6) is 5.75 Å². The van der Waals surface area contributed by atoms with E-state index in [0.717, 1.165) is 19.3 Å². The van der Waals surface area contributed by atoms with Crippen LogP contribution >= 0.6 is 28.3 Å². The van der Waals surface area contributed by atoms with Gasteiger partial charge in [-0.25, -0.2) is 0 Å². The topological polar surface area (TPSA) is 89.4 Å². The summed E-state index contributed by atoms with van der Waals surface area (Å²) in [6.07, 6.45) is 3.08. The number of rotatable bonds is 4. The van der Waals surface area contributed by atoms with E-state index in [2.05, 4.69) is 15.9 Å². The number of nitrogens with zero attached hydrogens (tertiary/aromatic N) is 1. The van der Waals surface area contributed by atoms with Gasteiger partial charge in [-0.05, 0) is 18.4 Å². The molecule has 1 aliphatic rings. The van der Waals surface area contributed by atoms with Crippen molar-refractivity contribution >= 4 is 34.0 Å². The van der Waals surface area contributed by atoms with Gasteiger partial charge in [-0.2, -0.15) is 0 Å². The second-order valence-electron chi connectivity index (χ2n) is 4.41. The first-order valence-electron chi connectivity index (χ1n) is 5.41. The summed E-state index contributed by atoms with van der Waals surface area (Å²) in [5.41, 5.74) is 6.11. The molecule has 1 fully saturated rings. The largest absolute Gasteiger partial charge is 0.502 e. The highest BCUT2D eigenvalue weighted by Crippen LogP contribution is 2.41. The van der Waals surface area contributed by atoms with E-state index in [4.69, 9.17) is 5.73 Å². The fraction of sp³-hybridized carbons (Fsp3) is 0.455. The van der Waals surface area contributed by atoms with E-state index in [9.17, 15) is 15.2 Å². The Morgan fingerprint density at radius 3 is 2.67 bits per heavy atom. The van der Waals surface area contributed by atoms with Gasteiger partial charge in [0.15, 0.2) is 5.75 Å². The number of nitro benzene ring substituents is 1. The second kappa shape index (κ2) is 5.86. The molecule has 100 valence electrons. The van der Waals surface area contributed by atoms with Crippen LogP contribution in [0.3, 0.4) is 0 Å². The van der Waals surface area contributed by atoms with E-state index in [1.165, 1.54) is 6.07 Å². The Balaban J connectivity index is 0.00000162. The smallest absolute Gasteiger partial charge is 0.312 e. The maximum Gasteiger partial charge on any atom is 0.312 e. The molecule has 1 aromatic carbocycles. The van der Waals surface area contributed by atoms with Crippen LogP contribution in [-0.4, -0.2) is 10.0 Å². The number of hydrogen-bond acceptors (Lipinski definition) is 4. The predicted molar refractivity (Wildman–Crippen MR) is 74.0 cm³/mol. The average Bonchev–Trinajstić information content (AvgIpc) is 3.04. The molecule has 1 atom stereocenters. The lowest BCUT2D eigenvalue weighted by Crippen LogP contribution is -2.11. The summed E-state index contributed by atoms with van der Waals surface area (Å²) in [5, 5.41) is 20.6. The minimum absolute atomic E-state index is 0. The molecule has 0 amide bonds. The molecule has 3 N–H and O–H groups in total. The Bertz CT molecular complexity index is 466. The molecular formula is C11H14BrClN2O3. The minimum Gasteiger partial charge on any atom is -0.502 e. The summed E-state index contributed by atoms with van der Waals surface area (Å²) in [4.78, 5) is 10.2. The molecule has 7 heteroatoms. The Hall–Kier alpha value is -0.850. The highest BCUT2D eigenvalue weighted by molar-refractivity contribution is 9.10. The van der Waals surface area contributed by atoms with Crippen LogP contribution in [0.1, 0.15) is 30.9 Å². The maximum absolute atomic E-state index is 10.8. The fourth-order valence-electron chi connectivity index (χ4n) is 1.87. The van der Waals surface area contributed by atoms with Gasteiger partial charge < -0.3 is 10.8 Å². The second-order valence-corrected chi connectivity index (χ2v) is 5.32. The van der Waals surface area contributed by atoms with Crippen LogP contribution in [0.25, 0.3) is 0 Å². The quantitative estimate of drug-likeness (QED) is 0.651. The molecule has 0 saturated heterocycles. The van der Waals surface area contributed by atoms with Crippen molar-refractivity contribution in [1.82, 2.24) is 0 Å². The van der Waals surface area contributed by atoms with Gasteiger partial charge in [-0.1, -0.05) is 28.8 Å². The third-order valence-corrected chi connectivity index (χ3v) is 3.42. The summed E-state index contributed by atoms with van der Waals surface area (Å²) < 4.78 is 0.559. The van der Waals surface area contributed by atoms with Gasteiger partial charge >= 0.3 is 5.69 Å². The van der Waals surface area contributed by atoms with Gasteiger partial charge in [0.25, 0.3) is 0 Å². The van der Waals surface area contributed by atoms with Crippen molar-refractivity contribution in [2.24, 2.45) is 11.7 Å². The van der Waals surface area contributed by atoms with Crippen molar-refractivity contribution in [2.45, 2.75) is 25.3 Å². The molecule has 18 heavy (non-hydrogen) atoms. The van der Waals surface area contributed by atoms with Crippen LogP contribution in [-0.2, 0) is 0 Å². The van der Waals surface area contributed by atoms with Gasteiger partial charge in [0.1, 0.15) is 0 Å². The molecule has 0 unspecified atom stereocenters. The molecule has 0 heterocycles. The number of aromatic hydroxyl groups is 1. The van der Waals surface area contributed by atoms with Crippen molar-refractivity contribution in [1.29, 1.82) is 0 Å². The van der Waals surface area contributed by atoms with Crippen LogP contribution in [0.4, 0.5) is 5.69 Å². The van der Waals surface area contributed by atoms with Gasteiger partial charge in [0.2, 0.25) is 0 Å². The Morgan fingerprint density at radius 1 is 1.56 bits per heavy atom. The van der Waals surface area contributed by atoms with Crippen LogP contribution < -0.4 is 5.73 Å². The lowest BCUT2D eigenvalue weighted by molar-refractivity contribution is -0.386. The third-order valence-electron chi connectivity index (χ3n) is 2.96. The minimum atomic E-state index is -0.604. The number of nitro groups is 1. The van der Waals surface area contributed by atoms with Gasteiger partial charge in [-0.15, -0.1) is 12.4 Å². The predicted octanol–water partition coefficient (Wildman–Crippen LogP) is 3.28. The van der Waals surface area contributed by atoms with Gasteiger partial charge in [-0.3, -0.25) is 10.1 Å². The van der Waals surface area contributed by atoms with Gasteiger partial charge in [0, 0.05) is 22.1 Å². The standard InChI is InChI=1S/C11H13BrN2O3.ClH/c12-7-4-8(9(13)3-6-1-2-6)11(15)10(5-7)14(16)17;/h4-6,9,15H,1-3,13H2;1H/t9-;/m1./s1. The third kappa shape index (κ3) is 3.34. The van der Waals surface area contributed by atoms with Crippen LogP contribution in [0.15, 0.2) is 16.6 Å². The summed E-state index contributed by atoms with van der Waals surface area (Å²) in [5.74, 6) is 0.286. The normalized spacial score (nSPS) is 15.9. The summed E-state index contributed by atoms with van der Waals surface area (Å²) in [6.45, 7) is 0. The maximum atomic E-state index is 10.8. The first-order valence-corrected chi connectivity index (χ1v) is 6.20. The lowest BCUT2D eigenvalue weighted by Gasteiger charge is -2.13. The molecule has 2 rings (SSSR count). The molecule has 0 aliphatic heterocycles. The van der Waals surface area contributed by atoms with Crippen molar-refractivity contribution in [3.8, 4) is 5.75 Å². The Morgan fingerprint density at radius 2 is 2.17 bits per heavy atom. The molecule has 1 aromatic rings. The molecule has 1 saturated carbocycles. The molecule has 0 bridgehead atoms. The van der Waals surface area contributed by atoms with E-state index in [1.807, 2.05) is 0 Å². The number of nitrogens with two attached hydrogens (primary N) is 1. The van der Waals surface area contributed by atoms with E-state index >= 15 is 0 Å². The summed E-state index contributed by atoms with van der Waals surface area (Å²) >= 11 is 3.19. The van der Waals surface area contributed by atoms with Crippen LogP contribution in [0.2, 0.25) is 0 Å². The number of hydrogen-bond donors (Lipinski definition) is 2. The number of phenols is 1. The monoisotopic (exact) mass is 336 g/mol. The van der Waals surface area contributed by atoms with Crippen molar-refractivity contribution in [3.05, 3.63) is 32.3 Å². The zero-order chi connectivity index (χ0) is 12.6. The molecule has 0 aromatic heterocycles. The molecule has 0 spiro atoms. The lowest BCUT2D eigenvalue weighted by atomic mass is 10.0. The SMILES string of the molecule is Cl.N[C@H](CC1CC1)c1cc(Br)cc([N+](=O)[O-])c1O. The fourth-order valence-corrected chi connectivity index (χ4v) is 2.33. The first-order chi connectivity index (χ1) is 7.99. The zero-order valence-corrected chi connectivity index (χ0v) is 11.9. The first kappa shape index (κ1) is 15.2. The van der Waals surface area contributed by atoms with E-state index in [0.29, 0.717) is 16.0 Å². The van der Waals surface area contributed by atoms with Crippen molar-refractivity contribution in [2.75, 3.05) is 0 Å². The van der Waals surface area contributed by atoms with E-state index in [1.54, 1.807) is 6.07 Å². The van der Waals surface area contributed by atoms with Gasteiger partial charge in [0.05, 0.1) is 4.92 Å². The van der Waals surface area contributed by atoms with E-state index in [-0.39, 0.29) is 29.9 Å². The summed E-state index contributed by atoms with van der Waals surface area (Å²) in [7, 11) is 0. The molecule has 5 nitrogen and oxygen atoms in total. The molecule has 0 radical (unpaired) electrons. The zero-order valence-electron chi connectivity index (χ0n) is 9.51. The molecule has 1 aliphatic carbocycles. The highest BCUT2D eigenvalue weighted by atomic mass is 79.9. The number of benzene rings is 1. The Kier molecular flexibility index (Phi) is 4.95. The molecular weight excluding hydrogens is 323 g/mol. The van der Waals surface area contributed by atoms with E-state index < -0.39 is 4.92 Å².